The molecule has 0 aliphatic rings. The number of ether oxygens (including phenoxy) is 2. The average Bonchev–Trinajstić information content (AvgIpc) is 2.47. The first-order valence-electron chi connectivity index (χ1n) is 6.43. The lowest BCUT2D eigenvalue weighted by atomic mass is 10.1. The molecule has 6 heteroatoms. The van der Waals surface area contributed by atoms with Crippen LogP contribution in [0.4, 0.5) is 0 Å². The van der Waals surface area contributed by atoms with Crippen molar-refractivity contribution in [2.75, 3.05) is 13.7 Å². The van der Waals surface area contributed by atoms with E-state index in [9.17, 15) is 0 Å². The van der Waals surface area contributed by atoms with Gasteiger partial charge in [-0.25, -0.2) is 0 Å². The Hall–Kier alpha value is -1.30. The summed E-state index contributed by atoms with van der Waals surface area (Å²) in [5, 5.41) is 0.576. The number of methoxy groups -OCH3 is 1. The van der Waals surface area contributed by atoms with E-state index in [1.807, 2.05) is 18.2 Å². The van der Waals surface area contributed by atoms with Gasteiger partial charge in [-0.3, -0.25) is 4.98 Å². The number of nitrogens with two attached hydrogens (primary N) is 1. The van der Waals surface area contributed by atoms with E-state index >= 15 is 0 Å². The van der Waals surface area contributed by atoms with Crippen molar-refractivity contribution in [3.05, 3.63) is 51.2 Å². The predicted octanol–water partition coefficient (Wildman–Crippen LogP) is 3.59. The number of benzene rings is 1. The van der Waals surface area contributed by atoms with Crippen LogP contribution in [0.2, 0.25) is 5.02 Å². The van der Waals surface area contributed by atoms with Gasteiger partial charge in [0.05, 0.1) is 16.6 Å². The Bertz CT molecular complexity index is 623. The smallest absolute Gasteiger partial charge is 0.175 e. The van der Waals surface area contributed by atoms with Gasteiger partial charge in [-0.05, 0) is 52.7 Å². The van der Waals surface area contributed by atoms with Crippen LogP contribution in [-0.2, 0) is 13.0 Å². The molecule has 0 atom stereocenters. The van der Waals surface area contributed by atoms with Crippen LogP contribution >= 0.6 is 27.5 Å². The second kappa shape index (κ2) is 7.64. The lowest BCUT2D eigenvalue weighted by molar-refractivity contribution is 0.282. The Kier molecular flexibility index (Phi) is 5.85. The van der Waals surface area contributed by atoms with Crippen LogP contribution in [0.25, 0.3) is 0 Å². The van der Waals surface area contributed by atoms with Crippen LogP contribution < -0.4 is 15.2 Å². The van der Waals surface area contributed by atoms with E-state index in [0.29, 0.717) is 29.7 Å². The lowest BCUT2D eigenvalue weighted by Gasteiger charge is -2.14. The molecule has 0 radical (unpaired) electrons. The summed E-state index contributed by atoms with van der Waals surface area (Å²) in [6.45, 7) is 0.926. The van der Waals surface area contributed by atoms with Crippen molar-refractivity contribution in [1.29, 1.82) is 0 Å². The van der Waals surface area contributed by atoms with Crippen molar-refractivity contribution in [1.82, 2.24) is 4.98 Å². The van der Waals surface area contributed by atoms with Crippen LogP contribution in [0.5, 0.6) is 11.5 Å². The van der Waals surface area contributed by atoms with Gasteiger partial charge in [0.1, 0.15) is 6.61 Å². The molecule has 0 saturated heterocycles. The first-order chi connectivity index (χ1) is 10.2. The second-order valence-electron chi connectivity index (χ2n) is 4.40. The molecule has 112 valence electrons. The standard InChI is InChI=1S/C15H16BrClN2O2/c1-20-14-7-10(2-4-18)6-12(16)15(14)21-9-11-3-5-19-8-13(11)17/h3,5-8H,2,4,9,18H2,1H3. The van der Waals surface area contributed by atoms with Crippen LogP contribution in [0, 0.1) is 0 Å². The fourth-order valence-electron chi connectivity index (χ4n) is 1.90. The molecule has 0 saturated carbocycles. The molecule has 1 aromatic heterocycles. The highest BCUT2D eigenvalue weighted by Crippen LogP contribution is 2.37. The van der Waals surface area contributed by atoms with Crippen molar-refractivity contribution >= 4 is 27.5 Å². The summed E-state index contributed by atoms with van der Waals surface area (Å²) in [6, 6.07) is 5.74. The summed E-state index contributed by atoms with van der Waals surface area (Å²) in [7, 11) is 1.61. The highest BCUT2D eigenvalue weighted by Gasteiger charge is 2.12. The van der Waals surface area contributed by atoms with Gasteiger partial charge in [-0.15, -0.1) is 0 Å². The minimum Gasteiger partial charge on any atom is -0.493 e. The molecule has 0 bridgehead atoms. The molecule has 2 N–H and O–H groups in total. The molecule has 0 spiro atoms. The minimum absolute atomic E-state index is 0.340. The van der Waals surface area contributed by atoms with E-state index in [-0.39, 0.29) is 0 Å². The number of rotatable bonds is 6. The van der Waals surface area contributed by atoms with Crippen molar-refractivity contribution in [3.8, 4) is 11.5 Å². The fraction of sp³-hybridized carbons (Fsp3) is 0.267. The molecule has 0 unspecified atom stereocenters. The van der Waals surface area contributed by atoms with Gasteiger partial charge in [0.15, 0.2) is 11.5 Å². The molecular formula is C15H16BrClN2O2. The first kappa shape index (κ1) is 16.1. The zero-order chi connectivity index (χ0) is 15.2. The largest absolute Gasteiger partial charge is 0.493 e. The Morgan fingerprint density at radius 1 is 1.38 bits per heavy atom. The summed E-state index contributed by atoms with van der Waals surface area (Å²) in [4.78, 5) is 3.95. The maximum Gasteiger partial charge on any atom is 0.175 e. The van der Waals surface area contributed by atoms with Crippen molar-refractivity contribution in [2.24, 2.45) is 5.73 Å². The summed E-state index contributed by atoms with van der Waals surface area (Å²) in [5.74, 6) is 1.31. The molecule has 2 rings (SSSR count). The van der Waals surface area contributed by atoms with Crippen LogP contribution in [-0.4, -0.2) is 18.6 Å². The van der Waals surface area contributed by atoms with E-state index in [4.69, 9.17) is 26.8 Å². The van der Waals surface area contributed by atoms with Crippen LogP contribution in [0.15, 0.2) is 35.1 Å². The summed E-state index contributed by atoms with van der Waals surface area (Å²) < 4.78 is 12.1. The average molecular weight is 372 g/mol. The van der Waals surface area contributed by atoms with E-state index in [2.05, 4.69) is 20.9 Å². The summed E-state index contributed by atoms with van der Waals surface area (Å²) in [5.41, 5.74) is 7.54. The van der Waals surface area contributed by atoms with Gasteiger partial charge in [-0.2, -0.15) is 0 Å². The number of aromatic nitrogens is 1. The molecule has 0 aliphatic carbocycles. The zero-order valence-electron chi connectivity index (χ0n) is 11.6. The molecule has 1 heterocycles. The lowest BCUT2D eigenvalue weighted by Crippen LogP contribution is -2.04. The van der Waals surface area contributed by atoms with Crippen molar-refractivity contribution in [3.63, 3.8) is 0 Å². The molecule has 0 fully saturated rings. The number of halogens is 2. The van der Waals surface area contributed by atoms with E-state index in [1.54, 1.807) is 19.5 Å². The quantitative estimate of drug-likeness (QED) is 0.843. The molecule has 0 aliphatic heterocycles. The second-order valence-corrected chi connectivity index (χ2v) is 5.66. The molecule has 4 nitrogen and oxygen atoms in total. The third-order valence-corrected chi connectivity index (χ3v) is 3.88. The number of pyridine rings is 1. The van der Waals surface area contributed by atoms with Gasteiger partial charge >= 0.3 is 0 Å². The third kappa shape index (κ3) is 4.09. The molecule has 21 heavy (non-hydrogen) atoms. The SMILES string of the molecule is COc1cc(CCN)cc(Br)c1OCc1ccncc1Cl. The molecular weight excluding hydrogens is 356 g/mol. The Balaban J connectivity index is 2.21. The van der Waals surface area contributed by atoms with Gasteiger partial charge in [0.25, 0.3) is 0 Å². The predicted molar refractivity (Wildman–Crippen MR) is 87.0 cm³/mol. The zero-order valence-corrected chi connectivity index (χ0v) is 13.9. The highest BCUT2D eigenvalue weighted by atomic mass is 79.9. The fourth-order valence-corrected chi connectivity index (χ4v) is 2.67. The third-order valence-electron chi connectivity index (χ3n) is 2.95. The molecule has 0 amide bonds. The van der Waals surface area contributed by atoms with E-state index < -0.39 is 0 Å². The molecule has 1 aromatic carbocycles. The van der Waals surface area contributed by atoms with Gasteiger partial charge in [-0.1, -0.05) is 11.6 Å². The normalized spacial score (nSPS) is 10.5. The number of nitrogens with zero attached hydrogens (tertiary/aromatic N) is 1. The minimum atomic E-state index is 0.340. The highest BCUT2D eigenvalue weighted by molar-refractivity contribution is 9.10. The Morgan fingerprint density at radius 3 is 2.86 bits per heavy atom. The molecule has 2 aromatic rings. The van der Waals surface area contributed by atoms with E-state index in [1.165, 1.54) is 0 Å². The van der Waals surface area contributed by atoms with Gasteiger partial charge < -0.3 is 15.2 Å². The van der Waals surface area contributed by atoms with Crippen molar-refractivity contribution in [2.45, 2.75) is 13.0 Å². The Morgan fingerprint density at radius 2 is 2.19 bits per heavy atom. The summed E-state index contributed by atoms with van der Waals surface area (Å²) >= 11 is 9.58. The maximum atomic E-state index is 6.07. The van der Waals surface area contributed by atoms with Crippen LogP contribution in [0.3, 0.4) is 0 Å². The number of hydrogen-bond acceptors (Lipinski definition) is 4. The topological polar surface area (TPSA) is 57.4 Å². The Labute approximate surface area is 137 Å². The maximum absolute atomic E-state index is 6.07. The van der Waals surface area contributed by atoms with Crippen molar-refractivity contribution < 1.29 is 9.47 Å². The first-order valence-corrected chi connectivity index (χ1v) is 7.60. The monoisotopic (exact) mass is 370 g/mol. The van der Waals surface area contributed by atoms with Crippen LogP contribution in [0.1, 0.15) is 11.1 Å². The van der Waals surface area contributed by atoms with Gasteiger partial charge in [0.2, 0.25) is 0 Å². The number of hydrogen-bond donors (Lipinski definition) is 1. The van der Waals surface area contributed by atoms with Gasteiger partial charge in [0, 0.05) is 18.0 Å². The summed E-state index contributed by atoms with van der Waals surface area (Å²) in [6.07, 6.45) is 4.06. The van der Waals surface area contributed by atoms with E-state index in [0.717, 1.165) is 22.0 Å².